The Morgan fingerprint density at radius 2 is 1.31 bits per heavy atom. The zero-order valence-corrected chi connectivity index (χ0v) is 20.7. The molecule has 188 valence electrons. The number of nitrogens with zero attached hydrogens (tertiary/aromatic N) is 5. The minimum atomic E-state index is -0.925. The average molecular weight is 513 g/mol. The van der Waals surface area contributed by atoms with Gasteiger partial charge >= 0.3 is 5.97 Å². The van der Waals surface area contributed by atoms with Crippen molar-refractivity contribution in [1.29, 1.82) is 15.8 Å². The summed E-state index contributed by atoms with van der Waals surface area (Å²) in [6.07, 6.45) is 3.23. The number of carbonyl (C=O) groups is 1. The van der Waals surface area contributed by atoms with Gasteiger partial charge in [-0.3, -0.25) is 14.8 Å². The van der Waals surface area contributed by atoms with E-state index in [2.05, 4.69) is 21.0 Å². The molecule has 0 radical (unpaired) electrons. The molecule has 0 fully saturated rings. The van der Waals surface area contributed by atoms with Gasteiger partial charge in [-0.2, -0.15) is 15.8 Å². The number of carboxylic acid groups (broad SMARTS) is 1. The molecule has 3 heterocycles. The number of carboxylic acids is 1. The summed E-state index contributed by atoms with van der Waals surface area (Å²) in [6.45, 7) is 1.67. The van der Waals surface area contributed by atoms with Crippen LogP contribution in [0, 0.1) is 40.9 Å². The Hall–Kier alpha value is -6.11. The standard InChI is InChI=1S/C15H9N3O.C8H4N2.C7H7NO2/c16-9-10-3-5-11(6-4-10)13-8-14-12(15(19)18-13)2-1-7-17-14;9-5-7-1-2-8(6-10)4-3-7;1-5-6(7(9)10)3-2-4-8-5/h1-8H,(H,18,19);1-4H;2-4H,1H3,(H,9,10). The summed E-state index contributed by atoms with van der Waals surface area (Å²) in [4.78, 5) is 33.2. The lowest BCUT2D eigenvalue weighted by atomic mass is 10.1. The van der Waals surface area contributed by atoms with Gasteiger partial charge in [0, 0.05) is 12.4 Å². The van der Waals surface area contributed by atoms with Gasteiger partial charge in [-0.15, -0.1) is 0 Å². The number of benzene rings is 2. The highest BCUT2D eigenvalue weighted by molar-refractivity contribution is 5.88. The molecule has 9 nitrogen and oxygen atoms in total. The van der Waals surface area contributed by atoms with Crippen LogP contribution in [0.15, 0.2) is 96.1 Å². The number of hydrogen-bond acceptors (Lipinski definition) is 7. The molecular weight excluding hydrogens is 492 g/mol. The van der Waals surface area contributed by atoms with E-state index in [9.17, 15) is 9.59 Å². The molecular formula is C30H20N6O3. The van der Waals surface area contributed by atoms with Crippen LogP contribution in [0.4, 0.5) is 0 Å². The molecule has 3 aromatic heterocycles. The maximum Gasteiger partial charge on any atom is 0.337 e. The lowest BCUT2D eigenvalue weighted by molar-refractivity contribution is 0.0695. The third-order valence-corrected chi connectivity index (χ3v) is 5.32. The number of aromatic amines is 1. The average Bonchev–Trinajstić information content (AvgIpc) is 2.98. The number of fused-ring (bicyclic) bond motifs is 1. The molecule has 0 aliphatic rings. The summed E-state index contributed by atoms with van der Waals surface area (Å²) < 4.78 is 0. The van der Waals surface area contributed by atoms with Crippen LogP contribution in [-0.2, 0) is 0 Å². The molecule has 0 bridgehead atoms. The van der Waals surface area contributed by atoms with E-state index in [1.165, 1.54) is 6.07 Å². The zero-order valence-electron chi connectivity index (χ0n) is 20.7. The highest BCUT2D eigenvalue weighted by atomic mass is 16.4. The van der Waals surface area contributed by atoms with Crippen LogP contribution in [0.1, 0.15) is 32.7 Å². The predicted molar refractivity (Wildman–Crippen MR) is 144 cm³/mol. The Morgan fingerprint density at radius 3 is 1.79 bits per heavy atom. The van der Waals surface area contributed by atoms with Crippen molar-refractivity contribution < 1.29 is 9.90 Å². The fraction of sp³-hybridized carbons (Fsp3) is 0.0333. The summed E-state index contributed by atoms with van der Waals surface area (Å²) in [5, 5.41) is 34.6. The lowest BCUT2D eigenvalue weighted by Crippen LogP contribution is -2.07. The van der Waals surface area contributed by atoms with Crippen molar-refractivity contribution in [3.8, 4) is 29.5 Å². The van der Waals surface area contributed by atoms with Gasteiger partial charge in [0.1, 0.15) is 0 Å². The first-order valence-electron chi connectivity index (χ1n) is 11.4. The molecule has 5 rings (SSSR count). The third-order valence-electron chi connectivity index (χ3n) is 5.32. The highest BCUT2D eigenvalue weighted by Gasteiger charge is 2.05. The second-order valence-corrected chi connectivity index (χ2v) is 7.88. The number of nitrogens with one attached hydrogen (secondary N) is 1. The van der Waals surface area contributed by atoms with E-state index in [4.69, 9.17) is 20.9 Å². The van der Waals surface area contributed by atoms with Gasteiger partial charge in [-0.25, -0.2) is 4.79 Å². The predicted octanol–water partition coefficient (Wildman–Crippen LogP) is 4.98. The van der Waals surface area contributed by atoms with E-state index in [0.29, 0.717) is 39.0 Å². The molecule has 0 amide bonds. The van der Waals surface area contributed by atoms with E-state index in [1.807, 2.05) is 18.2 Å². The molecule has 0 spiro atoms. The van der Waals surface area contributed by atoms with Crippen LogP contribution >= 0.6 is 0 Å². The molecule has 0 saturated heterocycles. The first-order chi connectivity index (χ1) is 18.9. The zero-order chi connectivity index (χ0) is 28.2. The normalized spacial score (nSPS) is 9.38. The van der Waals surface area contributed by atoms with Crippen molar-refractivity contribution in [1.82, 2.24) is 15.0 Å². The van der Waals surface area contributed by atoms with Gasteiger partial charge in [0.15, 0.2) is 0 Å². The monoisotopic (exact) mass is 512 g/mol. The second-order valence-electron chi connectivity index (χ2n) is 7.88. The van der Waals surface area contributed by atoms with Gasteiger partial charge < -0.3 is 10.1 Å². The molecule has 0 unspecified atom stereocenters. The van der Waals surface area contributed by atoms with E-state index < -0.39 is 5.97 Å². The van der Waals surface area contributed by atoms with E-state index in [-0.39, 0.29) is 11.1 Å². The Bertz CT molecular complexity index is 1760. The molecule has 9 heteroatoms. The van der Waals surface area contributed by atoms with Crippen LogP contribution in [0.25, 0.3) is 22.2 Å². The fourth-order valence-corrected chi connectivity index (χ4v) is 3.30. The number of H-pyrrole nitrogens is 1. The number of aromatic carboxylic acids is 1. The largest absolute Gasteiger partial charge is 0.478 e. The van der Waals surface area contributed by atoms with E-state index in [0.717, 1.165) is 5.56 Å². The quantitative estimate of drug-likeness (QED) is 0.334. The number of hydrogen-bond donors (Lipinski definition) is 2. The molecule has 2 N–H and O–H groups in total. The van der Waals surface area contributed by atoms with Crippen molar-refractivity contribution in [2.45, 2.75) is 6.92 Å². The third kappa shape index (κ3) is 7.44. The Morgan fingerprint density at radius 1 is 0.795 bits per heavy atom. The maximum atomic E-state index is 11.9. The summed E-state index contributed by atoms with van der Waals surface area (Å²) >= 11 is 0. The van der Waals surface area contributed by atoms with Gasteiger partial charge in [0.05, 0.1) is 62.8 Å². The SMILES string of the molecule is Cc1ncccc1C(=O)O.N#Cc1ccc(-c2cc3ncccc3c(=O)[nH]2)cc1.N#Cc1ccc(C#N)cc1. The summed E-state index contributed by atoms with van der Waals surface area (Å²) in [6, 6.07) is 28.0. The maximum absolute atomic E-state index is 11.9. The minimum Gasteiger partial charge on any atom is -0.478 e. The van der Waals surface area contributed by atoms with Crippen LogP contribution in [0.2, 0.25) is 0 Å². The Balaban J connectivity index is 0.000000178. The number of nitriles is 3. The van der Waals surface area contributed by atoms with Gasteiger partial charge in [0.25, 0.3) is 5.56 Å². The second kappa shape index (κ2) is 13.3. The van der Waals surface area contributed by atoms with Crippen LogP contribution < -0.4 is 5.56 Å². The Labute approximate surface area is 223 Å². The van der Waals surface area contributed by atoms with Crippen molar-refractivity contribution in [2.24, 2.45) is 0 Å². The van der Waals surface area contributed by atoms with Gasteiger partial charge in [-0.1, -0.05) is 12.1 Å². The summed E-state index contributed by atoms with van der Waals surface area (Å²) in [5.41, 5.74) is 4.61. The number of aryl methyl sites for hydroxylation is 1. The summed E-state index contributed by atoms with van der Waals surface area (Å²) in [5.74, 6) is -0.925. The molecule has 0 atom stereocenters. The Kier molecular flexibility index (Phi) is 9.35. The first-order valence-corrected chi connectivity index (χ1v) is 11.4. The van der Waals surface area contributed by atoms with Gasteiger partial charge in [-0.05, 0) is 79.2 Å². The van der Waals surface area contributed by atoms with Crippen molar-refractivity contribution in [3.63, 3.8) is 0 Å². The summed E-state index contributed by atoms with van der Waals surface area (Å²) in [7, 11) is 0. The molecule has 2 aromatic carbocycles. The molecule has 39 heavy (non-hydrogen) atoms. The van der Waals surface area contributed by atoms with Gasteiger partial charge in [0.2, 0.25) is 0 Å². The van der Waals surface area contributed by atoms with Crippen LogP contribution in [0.3, 0.4) is 0 Å². The first kappa shape index (κ1) is 27.5. The number of rotatable bonds is 2. The lowest BCUT2D eigenvalue weighted by Gasteiger charge is -2.03. The van der Waals surface area contributed by atoms with E-state index >= 15 is 0 Å². The van der Waals surface area contributed by atoms with Crippen molar-refractivity contribution >= 4 is 16.9 Å². The number of pyridine rings is 3. The molecule has 0 saturated carbocycles. The van der Waals surface area contributed by atoms with Crippen molar-refractivity contribution in [2.75, 3.05) is 0 Å². The smallest absolute Gasteiger partial charge is 0.337 e. The molecule has 5 aromatic rings. The minimum absolute atomic E-state index is 0.162. The highest BCUT2D eigenvalue weighted by Crippen LogP contribution is 2.19. The fourth-order valence-electron chi connectivity index (χ4n) is 3.30. The van der Waals surface area contributed by atoms with E-state index in [1.54, 1.807) is 86.0 Å². The van der Waals surface area contributed by atoms with Crippen LogP contribution in [0.5, 0.6) is 0 Å². The molecule has 0 aliphatic heterocycles. The number of aromatic nitrogens is 3. The van der Waals surface area contributed by atoms with Crippen molar-refractivity contribution in [3.05, 3.63) is 130 Å². The van der Waals surface area contributed by atoms with Crippen LogP contribution in [-0.4, -0.2) is 26.0 Å². The topological polar surface area (TPSA) is 167 Å². The molecule has 0 aliphatic carbocycles.